The Kier molecular flexibility index (Phi) is 5.97. The van der Waals surface area contributed by atoms with E-state index in [0.717, 1.165) is 11.3 Å². The average molecular weight is 361 g/mol. The van der Waals surface area contributed by atoms with Crippen LogP contribution in [0.15, 0.2) is 34.4 Å². The Balaban J connectivity index is 2.00. The van der Waals surface area contributed by atoms with Crippen LogP contribution in [-0.2, 0) is 19.1 Å². The van der Waals surface area contributed by atoms with E-state index in [1.54, 1.807) is 45.0 Å². The molecule has 1 aromatic rings. The number of rotatable bonds is 4. The van der Waals surface area contributed by atoms with Crippen molar-refractivity contribution in [2.24, 2.45) is 15.9 Å². The summed E-state index contributed by atoms with van der Waals surface area (Å²) in [6.45, 7) is 5.26. The van der Waals surface area contributed by atoms with Gasteiger partial charge < -0.3 is 20.0 Å². The van der Waals surface area contributed by atoms with Crippen molar-refractivity contribution in [3.05, 3.63) is 35.4 Å². The molecule has 0 bridgehead atoms. The van der Waals surface area contributed by atoms with Crippen molar-refractivity contribution >= 4 is 23.6 Å². The number of ether oxygens (including phenoxy) is 2. The number of esters is 1. The molecule has 1 unspecified atom stereocenters. The number of amides is 1. The van der Waals surface area contributed by atoms with E-state index < -0.39 is 11.7 Å². The van der Waals surface area contributed by atoms with Crippen LogP contribution in [0.25, 0.3) is 0 Å². The van der Waals surface area contributed by atoms with Gasteiger partial charge >= 0.3 is 12.1 Å². The van der Waals surface area contributed by atoms with Crippen molar-refractivity contribution in [3.63, 3.8) is 0 Å². The Labute approximate surface area is 152 Å². The smallest absolute Gasteiger partial charge is 0.436 e. The molecule has 140 valence electrons. The van der Waals surface area contributed by atoms with Gasteiger partial charge in [0.05, 0.1) is 19.2 Å². The molecule has 1 heterocycles. The predicted octanol–water partition coefficient (Wildman–Crippen LogP) is 2.38. The zero-order chi connectivity index (χ0) is 19.3. The maximum absolute atomic E-state index is 11.7. The van der Waals surface area contributed by atoms with Crippen LogP contribution >= 0.6 is 0 Å². The topological polar surface area (TPSA) is 113 Å². The summed E-state index contributed by atoms with van der Waals surface area (Å²) in [5.41, 5.74) is 7.38. The number of nitrogens with zero attached hydrogens (tertiary/aromatic N) is 2. The van der Waals surface area contributed by atoms with Crippen molar-refractivity contribution in [1.82, 2.24) is 0 Å². The lowest BCUT2D eigenvalue weighted by molar-refractivity contribution is -0.143. The minimum Gasteiger partial charge on any atom is -0.469 e. The molecule has 1 aromatic carbocycles. The summed E-state index contributed by atoms with van der Waals surface area (Å²) in [4.78, 5) is 32.0. The molecule has 0 spiro atoms. The summed E-state index contributed by atoms with van der Waals surface area (Å²) in [6, 6.07) is 7.06. The van der Waals surface area contributed by atoms with Crippen LogP contribution in [-0.4, -0.2) is 42.4 Å². The second-order valence-corrected chi connectivity index (χ2v) is 6.80. The first-order valence-electron chi connectivity index (χ1n) is 8.15. The zero-order valence-electron chi connectivity index (χ0n) is 15.3. The number of benzene rings is 1. The highest BCUT2D eigenvalue weighted by molar-refractivity contribution is 6.05. The quantitative estimate of drug-likeness (QED) is 0.500. The number of methoxy groups -OCH3 is 1. The van der Waals surface area contributed by atoms with Gasteiger partial charge in [-0.05, 0) is 26.3 Å². The molecule has 8 nitrogen and oxygen atoms in total. The van der Waals surface area contributed by atoms with E-state index in [1.807, 2.05) is 0 Å². The van der Waals surface area contributed by atoms with E-state index in [-0.39, 0.29) is 24.3 Å². The number of carbonyl (C=O) groups is 2. The van der Waals surface area contributed by atoms with Crippen LogP contribution in [0, 0.1) is 0 Å². The summed E-state index contributed by atoms with van der Waals surface area (Å²) in [7, 11) is 1.33. The summed E-state index contributed by atoms with van der Waals surface area (Å²) >= 11 is 0. The Bertz CT molecular complexity index is 732. The highest BCUT2D eigenvalue weighted by Crippen LogP contribution is 2.20. The van der Waals surface area contributed by atoms with Crippen molar-refractivity contribution < 1.29 is 23.9 Å². The number of aliphatic imine (C=N–C) groups is 1. The third-order valence-corrected chi connectivity index (χ3v) is 3.47. The Morgan fingerprint density at radius 1 is 1.31 bits per heavy atom. The molecular formula is C18H23N3O5. The molecule has 0 saturated heterocycles. The minimum absolute atomic E-state index is 0.0685. The highest BCUT2D eigenvalue weighted by atomic mass is 16.6. The number of hydrogen-bond donors (Lipinski definition) is 1. The van der Waals surface area contributed by atoms with Gasteiger partial charge in [-0.2, -0.15) is 4.99 Å². The maximum Gasteiger partial charge on any atom is 0.436 e. The zero-order valence-corrected chi connectivity index (χ0v) is 15.3. The number of nitrogens with two attached hydrogens (primary N) is 1. The van der Waals surface area contributed by atoms with Crippen LogP contribution in [0.1, 0.15) is 44.7 Å². The van der Waals surface area contributed by atoms with Crippen molar-refractivity contribution in [2.75, 3.05) is 7.11 Å². The van der Waals surface area contributed by atoms with Crippen LogP contribution in [0.5, 0.6) is 0 Å². The predicted molar refractivity (Wildman–Crippen MR) is 96.1 cm³/mol. The minimum atomic E-state index is -0.738. The maximum atomic E-state index is 11.7. The summed E-state index contributed by atoms with van der Waals surface area (Å²) in [5.74, 6) is -0.271. The van der Waals surface area contributed by atoms with Gasteiger partial charge in [0.1, 0.15) is 17.5 Å². The van der Waals surface area contributed by atoms with E-state index in [4.69, 9.17) is 15.3 Å². The number of amidine groups is 1. The van der Waals surface area contributed by atoms with Crippen molar-refractivity contribution in [3.8, 4) is 0 Å². The van der Waals surface area contributed by atoms with E-state index in [9.17, 15) is 9.59 Å². The van der Waals surface area contributed by atoms with Crippen LogP contribution in [0.4, 0.5) is 4.79 Å². The number of oxime groups is 1. The van der Waals surface area contributed by atoms with Crippen LogP contribution in [0.3, 0.4) is 0 Å². The molecule has 0 saturated carbocycles. The molecule has 1 amide bonds. The fraction of sp³-hybridized carbons (Fsp3) is 0.444. The molecule has 26 heavy (non-hydrogen) atoms. The van der Waals surface area contributed by atoms with Crippen molar-refractivity contribution in [1.29, 1.82) is 0 Å². The summed E-state index contributed by atoms with van der Waals surface area (Å²) < 4.78 is 9.73. The molecule has 0 aromatic heterocycles. The molecular weight excluding hydrogens is 338 g/mol. The molecule has 1 aliphatic heterocycles. The van der Waals surface area contributed by atoms with E-state index in [2.05, 4.69) is 14.9 Å². The van der Waals surface area contributed by atoms with Crippen LogP contribution in [0.2, 0.25) is 0 Å². The summed E-state index contributed by atoms with van der Waals surface area (Å²) in [5, 5.41) is 4.01. The fourth-order valence-corrected chi connectivity index (χ4v) is 2.26. The molecule has 0 radical (unpaired) electrons. The average Bonchev–Trinajstić information content (AvgIpc) is 3.01. The van der Waals surface area contributed by atoms with Crippen LogP contribution < -0.4 is 5.73 Å². The monoisotopic (exact) mass is 361 g/mol. The second kappa shape index (κ2) is 7.99. The fourth-order valence-electron chi connectivity index (χ4n) is 2.26. The standard InChI is InChI=1S/C18H23N3O5/c1-18(2,3)25-17(23)20-16(19)12-7-5-11(6-8-12)14-9-13(26-21-14)10-15(22)24-4/h5-8,13H,9-10H2,1-4H3,(H2,19,20,23). The third-order valence-electron chi connectivity index (χ3n) is 3.47. The molecule has 0 fully saturated rings. The third kappa shape index (κ3) is 5.58. The first kappa shape index (κ1) is 19.4. The SMILES string of the molecule is COC(=O)CC1CC(c2ccc(/C(N)=N\C(=O)OC(C)(C)C)cc2)=NO1. The lowest BCUT2D eigenvalue weighted by Crippen LogP contribution is -2.24. The number of hydrogen-bond acceptors (Lipinski definition) is 6. The Morgan fingerprint density at radius 3 is 2.54 bits per heavy atom. The highest BCUT2D eigenvalue weighted by Gasteiger charge is 2.25. The van der Waals surface area contributed by atoms with Gasteiger partial charge in [-0.15, -0.1) is 0 Å². The first-order valence-corrected chi connectivity index (χ1v) is 8.15. The molecule has 2 rings (SSSR count). The lowest BCUT2D eigenvalue weighted by Gasteiger charge is -2.17. The Morgan fingerprint density at radius 2 is 1.96 bits per heavy atom. The lowest BCUT2D eigenvalue weighted by atomic mass is 10.0. The van der Waals surface area contributed by atoms with Gasteiger partial charge in [-0.3, -0.25) is 4.79 Å². The van der Waals surface area contributed by atoms with E-state index in [1.165, 1.54) is 7.11 Å². The largest absolute Gasteiger partial charge is 0.469 e. The molecule has 0 aliphatic carbocycles. The van der Waals surface area contributed by atoms with Gasteiger partial charge in [-0.25, -0.2) is 4.79 Å². The normalized spacial score (nSPS) is 17.3. The first-order chi connectivity index (χ1) is 12.2. The van der Waals surface area contributed by atoms with Gasteiger partial charge in [0.2, 0.25) is 0 Å². The molecule has 2 N–H and O–H groups in total. The molecule has 8 heteroatoms. The van der Waals surface area contributed by atoms with Gasteiger partial charge in [-0.1, -0.05) is 29.4 Å². The summed E-state index contributed by atoms with van der Waals surface area (Å²) in [6.07, 6.45) is -0.401. The van der Waals surface area contributed by atoms with Gasteiger partial charge in [0.15, 0.2) is 0 Å². The molecule has 1 aliphatic rings. The van der Waals surface area contributed by atoms with Crippen molar-refractivity contribution in [2.45, 2.75) is 45.3 Å². The number of carbonyl (C=O) groups excluding carboxylic acids is 2. The van der Waals surface area contributed by atoms with Gasteiger partial charge in [0, 0.05) is 12.0 Å². The molecule has 1 atom stereocenters. The Hall–Kier alpha value is -2.90. The van der Waals surface area contributed by atoms with E-state index in [0.29, 0.717) is 12.0 Å². The van der Waals surface area contributed by atoms with Gasteiger partial charge in [0.25, 0.3) is 0 Å². The van der Waals surface area contributed by atoms with E-state index >= 15 is 0 Å². The second-order valence-electron chi connectivity index (χ2n) is 6.80.